The Morgan fingerprint density at radius 1 is 1.29 bits per heavy atom. The molecule has 0 aromatic carbocycles. The summed E-state index contributed by atoms with van der Waals surface area (Å²) in [4.78, 5) is 2.00. The molecule has 0 amide bonds. The quantitative estimate of drug-likeness (QED) is 0.668. The normalized spacial score (nSPS) is 16.0. The van der Waals surface area contributed by atoms with Crippen LogP contribution >= 0.6 is 0 Å². The molecular formula is C11H13N3. The average Bonchev–Trinajstić information content (AvgIpc) is 2.57. The zero-order chi connectivity index (χ0) is 10.1. The minimum absolute atomic E-state index is 0.998. The van der Waals surface area contributed by atoms with E-state index in [1.807, 2.05) is 37.5 Å². The Labute approximate surface area is 83.6 Å². The van der Waals surface area contributed by atoms with E-state index in [0.29, 0.717) is 0 Å². The molecule has 2 rings (SSSR count). The molecule has 2 heterocycles. The molecule has 1 aliphatic heterocycles. The highest BCUT2D eigenvalue weighted by Crippen LogP contribution is 2.21. The van der Waals surface area contributed by atoms with E-state index in [9.17, 15) is 0 Å². The Bertz CT molecular complexity index is 423. The Balaban J connectivity index is 2.33. The second-order valence-corrected chi connectivity index (χ2v) is 3.42. The summed E-state index contributed by atoms with van der Waals surface area (Å²) in [6, 6.07) is 0. The number of aromatic nitrogens is 2. The van der Waals surface area contributed by atoms with Crippen molar-refractivity contribution >= 4 is 5.57 Å². The number of hydrogen-bond acceptors (Lipinski definition) is 2. The van der Waals surface area contributed by atoms with Crippen LogP contribution < -0.4 is 0 Å². The Morgan fingerprint density at radius 2 is 2.07 bits per heavy atom. The summed E-state index contributed by atoms with van der Waals surface area (Å²) in [6.07, 6.45) is 9.97. The minimum atomic E-state index is 0.998. The van der Waals surface area contributed by atoms with Crippen molar-refractivity contribution in [1.29, 1.82) is 0 Å². The fraction of sp³-hybridized carbons (Fsp3) is 0.182. The van der Waals surface area contributed by atoms with E-state index in [-0.39, 0.29) is 0 Å². The van der Waals surface area contributed by atoms with Gasteiger partial charge < -0.3 is 4.90 Å². The minimum Gasteiger partial charge on any atom is -0.351 e. The van der Waals surface area contributed by atoms with Crippen LogP contribution in [0.25, 0.3) is 5.57 Å². The molecule has 1 aliphatic rings. The number of rotatable bonds is 1. The molecule has 72 valence electrons. The lowest BCUT2D eigenvalue weighted by Crippen LogP contribution is -2.10. The molecule has 3 nitrogen and oxygen atoms in total. The monoisotopic (exact) mass is 187 g/mol. The molecule has 1 aromatic heterocycles. The lowest BCUT2D eigenvalue weighted by atomic mass is 10.1. The van der Waals surface area contributed by atoms with Gasteiger partial charge in [-0.2, -0.15) is 5.10 Å². The van der Waals surface area contributed by atoms with E-state index in [1.54, 1.807) is 4.68 Å². The molecule has 0 radical (unpaired) electrons. The number of hydrogen-bond donors (Lipinski definition) is 0. The van der Waals surface area contributed by atoms with Gasteiger partial charge in [-0.25, -0.2) is 0 Å². The highest BCUT2D eigenvalue weighted by atomic mass is 15.2. The largest absolute Gasteiger partial charge is 0.351 e. The molecule has 1 aromatic rings. The van der Waals surface area contributed by atoms with Crippen LogP contribution in [0.2, 0.25) is 0 Å². The fourth-order valence-electron chi connectivity index (χ4n) is 1.38. The lowest BCUT2D eigenvalue weighted by molar-refractivity contribution is 0.589. The van der Waals surface area contributed by atoms with Crippen molar-refractivity contribution in [1.82, 2.24) is 14.7 Å². The van der Waals surface area contributed by atoms with Gasteiger partial charge in [0, 0.05) is 43.3 Å². The number of allylic oxidation sites excluding steroid dienone is 3. The molecule has 0 atom stereocenters. The molecule has 0 saturated heterocycles. The van der Waals surface area contributed by atoms with Crippen LogP contribution in [-0.4, -0.2) is 21.7 Å². The van der Waals surface area contributed by atoms with Gasteiger partial charge in [0.25, 0.3) is 0 Å². The first-order valence-corrected chi connectivity index (χ1v) is 4.47. The third-order valence-electron chi connectivity index (χ3n) is 2.28. The van der Waals surface area contributed by atoms with E-state index in [4.69, 9.17) is 0 Å². The first-order valence-electron chi connectivity index (χ1n) is 4.47. The van der Waals surface area contributed by atoms with Crippen LogP contribution in [0, 0.1) is 0 Å². The smallest absolute Gasteiger partial charge is 0.0568 e. The van der Waals surface area contributed by atoms with E-state index in [0.717, 1.165) is 16.8 Å². The second kappa shape index (κ2) is 3.18. The van der Waals surface area contributed by atoms with Gasteiger partial charge in [0.05, 0.1) is 6.20 Å². The van der Waals surface area contributed by atoms with Gasteiger partial charge in [-0.3, -0.25) is 4.68 Å². The molecule has 0 unspecified atom stereocenters. The number of aryl methyl sites for hydroxylation is 1. The predicted octanol–water partition coefficient (Wildman–Crippen LogP) is 1.78. The maximum absolute atomic E-state index is 4.14. The SMILES string of the molecule is C=C1C=CC(c2cnn(C)c2)=CN1C. The summed E-state index contributed by atoms with van der Waals surface area (Å²) in [5.41, 5.74) is 3.29. The van der Waals surface area contributed by atoms with Crippen molar-refractivity contribution < 1.29 is 0 Å². The highest BCUT2D eigenvalue weighted by Gasteiger charge is 2.07. The Hall–Kier alpha value is -1.77. The van der Waals surface area contributed by atoms with Gasteiger partial charge in [0.2, 0.25) is 0 Å². The topological polar surface area (TPSA) is 21.1 Å². The van der Waals surface area contributed by atoms with Crippen LogP contribution in [-0.2, 0) is 7.05 Å². The average molecular weight is 187 g/mol. The van der Waals surface area contributed by atoms with Gasteiger partial charge in [0.1, 0.15) is 0 Å². The van der Waals surface area contributed by atoms with E-state index in [1.165, 1.54) is 0 Å². The van der Waals surface area contributed by atoms with Gasteiger partial charge >= 0.3 is 0 Å². The van der Waals surface area contributed by atoms with Crippen molar-refractivity contribution in [3.63, 3.8) is 0 Å². The molecule has 14 heavy (non-hydrogen) atoms. The summed E-state index contributed by atoms with van der Waals surface area (Å²) in [5.74, 6) is 0. The molecule has 0 saturated carbocycles. The number of nitrogens with zero attached hydrogens (tertiary/aromatic N) is 3. The number of likely N-dealkylation sites (N-methyl/N-ethyl adjacent to an activating group) is 1. The van der Waals surface area contributed by atoms with Gasteiger partial charge in [0.15, 0.2) is 0 Å². The van der Waals surface area contributed by atoms with Crippen LogP contribution in [0.1, 0.15) is 5.56 Å². The lowest BCUT2D eigenvalue weighted by Gasteiger charge is -2.19. The van der Waals surface area contributed by atoms with Gasteiger partial charge in [-0.05, 0) is 6.08 Å². The summed E-state index contributed by atoms with van der Waals surface area (Å²) >= 11 is 0. The molecule has 0 bridgehead atoms. The Morgan fingerprint density at radius 3 is 2.64 bits per heavy atom. The van der Waals surface area contributed by atoms with E-state index < -0.39 is 0 Å². The van der Waals surface area contributed by atoms with E-state index >= 15 is 0 Å². The molecule has 0 N–H and O–H groups in total. The zero-order valence-electron chi connectivity index (χ0n) is 8.44. The Kier molecular flexibility index (Phi) is 2.00. The maximum atomic E-state index is 4.14. The maximum Gasteiger partial charge on any atom is 0.0568 e. The molecular weight excluding hydrogens is 174 g/mol. The van der Waals surface area contributed by atoms with Crippen molar-refractivity contribution in [3.05, 3.63) is 48.6 Å². The van der Waals surface area contributed by atoms with Crippen molar-refractivity contribution in [2.45, 2.75) is 0 Å². The highest BCUT2D eigenvalue weighted by molar-refractivity contribution is 5.75. The zero-order valence-corrected chi connectivity index (χ0v) is 8.44. The first-order chi connectivity index (χ1) is 6.66. The predicted molar refractivity (Wildman–Crippen MR) is 57.2 cm³/mol. The third kappa shape index (κ3) is 1.48. The fourth-order valence-corrected chi connectivity index (χ4v) is 1.38. The van der Waals surface area contributed by atoms with Crippen molar-refractivity contribution in [3.8, 4) is 0 Å². The summed E-state index contributed by atoms with van der Waals surface area (Å²) in [7, 11) is 3.90. The summed E-state index contributed by atoms with van der Waals surface area (Å²) in [5, 5.41) is 4.14. The molecule has 0 fully saturated rings. The van der Waals surface area contributed by atoms with Gasteiger partial charge in [-0.1, -0.05) is 12.7 Å². The van der Waals surface area contributed by atoms with Crippen LogP contribution in [0.5, 0.6) is 0 Å². The summed E-state index contributed by atoms with van der Waals surface area (Å²) < 4.78 is 1.80. The van der Waals surface area contributed by atoms with Crippen LogP contribution in [0.3, 0.4) is 0 Å². The van der Waals surface area contributed by atoms with Crippen molar-refractivity contribution in [2.75, 3.05) is 7.05 Å². The van der Waals surface area contributed by atoms with Crippen LogP contribution in [0.4, 0.5) is 0 Å². The molecule has 0 aliphatic carbocycles. The van der Waals surface area contributed by atoms with Gasteiger partial charge in [-0.15, -0.1) is 0 Å². The standard InChI is InChI=1S/C11H13N3/c1-9-4-5-10(7-13(9)2)11-6-12-14(3)8-11/h4-8H,1H2,2-3H3. The van der Waals surface area contributed by atoms with Crippen LogP contribution in [0.15, 0.2) is 43.0 Å². The summed E-state index contributed by atoms with van der Waals surface area (Å²) in [6.45, 7) is 3.90. The second-order valence-electron chi connectivity index (χ2n) is 3.42. The van der Waals surface area contributed by atoms with Crippen molar-refractivity contribution in [2.24, 2.45) is 7.05 Å². The van der Waals surface area contributed by atoms with E-state index in [2.05, 4.69) is 24.0 Å². The molecule has 0 spiro atoms. The third-order valence-corrected chi connectivity index (χ3v) is 2.28. The first kappa shape index (κ1) is 8.81. The molecule has 3 heteroatoms.